The highest BCUT2D eigenvalue weighted by molar-refractivity contribution is 8.00. The molecule has 1 amide bonds. The van der Waals surface area contributed by atoms with Gasteiger partial charge in [-0.15, -0.1) is 0 Å². The first-order valence-electron chi connectivity index (χ1n) is 6.32. The predicted molar refractivity (Wildman–Crippen MR) is 79.8 cm³/mol. The minimum absolute atomic E-state index is 0.0914. The van der Waals surface area contributed by atoms with Gasteiger partial charge in [-0.3, -0.25) is 14.3 Å². The number of aryl methyl sites for hydroxylation is 2. The van der Waals surface area contributed by atoms with Gasteiger partial charge >= 0.3 is 5.97 Å². The number of methoxy groups -OCH3 is 1. The Kier molecular flexibility index (Phi) is 6.06. The van der Waals surface area contributed by atoms with Gasteiger partial charge in [-0.05, 0) is 13.8 Å². The van der Waals surface area contributed by atoms with E-state index in [4.69, 9.17) is 0 Å². The highest BCUT2D eigenvalue weighted by atomic mass is 32.2. The second-order valence-electron chi connectivity index (χ2n) is 4.66. The van der Waals surface area contributed by atoms with Gasteiger partial charge in [0.25, 0.3) is 0 Å². The van der Waals surface area contributed by atoms with Gasteiger partial charge in [0.2, 0.25) is 5.91 Å². The number of anilines is 1. The standard InChI is InChI=1S/C13H21N3O3S/c1-8(13(18)19-5)6-20-7-11(17)14-12-9(2)15-16(4)10(12)3/h8H,6-7H2,1-5H3,(H,14,17). The van der Waals surface area contributed by atoms with Gasteiger partial charge in [-0.1, -0.05) is 6.92 Å². The molecule has 0 radical (unpaired) electrons. The molecule has 0 fully saturated rings. The molecule has 1 aromatic rings. The zero-order chi connectivity index (χ0) is 15.3. The molecule has 7 heteroatoms. The summed E-state index contributed by atoms with van der Waals surface area (Å²) in [7, 11) is 3.20. The van der Waals surface area contributed by atoms with E-state index in [1.165, 1.54) is 18.9 Å². The number of esters is 1. The lowest BCUT2D eigenvalue weighted by Gasteiger charge is -2.09. The number of aromatic nitrogens is 2. The molecule has 0 aromatic carbocycles. The Morgan fingerprint density at radius 2 is 2.10 bits per heavy atom. The van der Waals surface area contributed by atoms with Crippen LogP contribution in [0.25, 0.3) is 0 Å². The summed E-state index contributed by atoms with van der Waals surface area (Å²) in [4.78, 5) is 23.1. The number of nitrogens with one attached hydrogen (secondary N) is 1. The van der Waals surface area contributed by atoms with Crippen molar-refractivity contribution in [3.05, 3.63) is 11.4 Å². The third-order valence-corrected chi connectivity index (χ3v) is 4.18. The van der Waals surface area contributed by atoms with Crippen molar-refractivity contribution in [1.82, 2.24) is 9.78 Å². The topological polar surface area (TPSA) is 73.2 Å². The Hall–Kier alpha value is -1.50. The Balaban J connectivity index is 2.43. The summed E-state index contributed by atoms with van der Waals surface area (Å²) in [6, 6.07) is 0. The number of rotatable bonds is 6. The lowest BCUT2D eigenvalue weighted by molar-refractivity contribution is -0.144. The van der Waals surface area contributed by atoms with E-state index in [1.54, 1.807) is 11.6 Å². The largest absolute Gasteiger partial charge is 0.469 e. The molecule has 1 rings (SSSR count). The first kappa shape index (κ1) is 16.6. The Morgan fingerprint density at radius 1 is 1.45 bits per heavy atom. The number of amides is 1. The summed E-state index contributed by atoms with van der Waals surface area (Å²) < 4.78 is 6.37. The van der Waals surface area contributed by atoms with Gasteiger partial charge in [0.1, 0.15) is 0 Å². The van der Waals surface area contributed by atoms with Crippen molar-refractivity contribution in [3.8, 4) is 0 Å². The molecular formula is C13H21N3O3S. The quantitative estimate of drug-likeness (QED) is 0.806. The van der Waals surface area contributed by atoms with Gasteiger partial charge in [0.15, 0.2) is 0 Å². The highest BCUT2D eigenvalue weighted by Crippen LogP contribution is 2.19. The van der Waals surface area contributed by atoms with Crippen LogP contribution in [0.2, 0.25) is 0 Å². The lowest BCUT2D eigenvalue weighted by Crippen LogP contribution is -2.19. The summed E-state index contributed by atoms with van der Waals surface area (Å²) in [5, 5.41) is 7.10. The Labute approximate surface area is 123 Å². The van der Waals surface area contributed by atoms with Crippen LogP contribution < -0.4 is 5.32 Å². The number of thioether (sulfide) groups is 1. The number of carbonyl (C=O) groups excluding carboxylic acids is 2. The van der Waals surface area contributed by atoms with Crippen molar-refractivity contribution < 1.29 is 14.3 Å². The van der Waals surface area contributed by atoms with Gasteiger partial charge in [0.05, 0.1) is 35.9 Å². The van der Waals surface area contributed by atoms with Crippen molar-refractivity contribution in [2.45, 2.75) is 20.8 Å². The van der Waals surface area contributed by atoms with Crippen LogP contribution in [0, 0.1) is 19.8 Å². The first-order valence-corrected chi connectivity index (χ1v) is 7.47. The summed E-state index contributed by atoms with van der Waals surface area (Å²) in [6.07, 6.45) is 0. The van der Waals surface area contributed by atoms with Crippen LogP contribution in [0.15, 0.2) is 0 Å². The molecule has 6 nitrogen and oxygen atoms in total. The second kappa shape index (κ2) is 7.33. The lowest BCUT2D eigenvalue weighted by atomic mass is 10.2. The molecule has 0 spiro atoms. The molecule has 0 aliphatic heterocycles. The minimum atomic E-state index is -0.253. The SMILES string of the molecule is COC(=O)C(C)CSCC(=O)Nc1c(C)nn(C)c1C. The molecule has 20 heavy (non-hydrogen) atoms. The van der Waals surface area contributed by atoms with Gasteiger partial charge in [0, 0.05) is 12.8 Å². The first-order chi connectivity index (χ1) is 9.36. The molecule has 1 heterocycles. The van der Waals surface area contributed by atoms with E-state index in [0.717, 1.165) is 17.1 Å². The number of ether oxygens (including phenoxy) is 1. The van der Waals surface area contributed by atoms with Crippen molar-refractivity contribution in [2.24, 2.45) is 13.0 Å². The predicted octanol–water partition coefficient (Wildman–Crippen LogP) is 1.52. The maximum atomic E-state index is 11.9. The van der Waals surface area contributed by atoms with E-state index in [9.17, 15) is 9.59 Å². The molecule has 0 aliphatic carbocycles. The van der Waals surface area contributed by atoms with Crippen molar-refractivity contribution >= 4 is 29.3 Å². The summed E-state index contributed by atoms with van der Waals surface area (Å²) >= 11 is 1.41. The van der Waals surface area contributed by atoms with Crippen LogP contribution >= 0.6 is 11.8 Å². The molecule has 1 N–H and O–H groups in total. The second-order valence-corrected chi connectivity index (χ2v) is 5.69. The molecule has 0 aliphatic rings. The maximum absolute atomic E-state index is 11.9. The fourth-order valence-electron chi connectivity index (χ4n) is 1.73. The summed E-state index contributed by atoms with van der Waals surface area (Å²) in [5.74, 6) is 0.308. The van der Waals surface area contributed by atoms with Crippen molar-refractivity contribution in [2.75, 3.05) is 23.9 Å². The monoisotopic (exact) mass is 299 g/mol. The zero-order valence-corrected chi connectivity index (χ0v) is 13.3. The highest BCUT2D eigenvalue weighted by Gasteiger charge is 2.15. The van der Waals surface area contributed by atoms with E-state index in [1.807, 2.05) is 20.9 Å². The molecule has 0 saturated carbocycles. The maximum Gasteiger partial charge on any atom is 0.309 e. The van der Waals surface area contributed by atoms with Gasteiger partial charge < -0.3 is 10.1 Å². The molecule has 112 valence electrons. The summed E-state index contributed by atoms with van der Waals surface area (Å²) in [5.41, 5.74) is 2.48. The molecule has 0 bridgehead atoms. The number of nitrogens with zero attached hydrogens (tertiary/aromatic N) is 2. The minimum Gasteiger partial charge on any atom is -0.469 e. The van der Waals surface area contributed by atoms with E-state index >= 15 is 0 Å². The zero-order valence-electron chi connectivity index (χ0n) is 12.5. The third kappa shape index (κ3) is 4.26. The van der Waals surface area contributed by atoms with Gasteiger partial charge in [-0.2, -0.15) is 16.9 Å². The number of carbonyl (C=O) groups is 2. The van der Waals surface area contributed by atoms with Crippen LogP contribution in [-0.2, 0) is 21.4 Å². The number of hydrogen-bond donors (Lipinski definition) is 1. The average molecular weight is 299 g/mol. The third-order valence-electron chi connectivity index (χ3n) is 2.98. The van der Waals surface area contributed by atoms with E-state index in [2.05, 4.69) is 15.2 Å². The fourth-order valence-corrected chi connectivity index (χ4v) is 2.59. The fraction of sp³-hybridized carbons (Fsp3) is 0.615. The van der Waals surface area contributed by atoms with Crippen LogP contribution in [0.5, 0.6) is 0 Å². The Bertz CT molecular complexity index is 499. The molecule has 1 aromatic heterocycles. The average Bonchev–Trinajstić information content (AvgIpc) is 2.64. The van der Waals surface area contributed by atoms with Crippen LogP contribution in [-0.4, -0.2) is 40.3 Å². The molecule has 1 unspecified atom stereocenters. The van der Waals surface area contributed by atoms with E-state index in [-0.39, 0.29) is 17.8 Å². The van der Waals surface area contributed by atoms with Crippen molar-refractivity contribution in [1.29, 1.82) is 0 Å². The van der Waals surface area contributed by atoms with Gasteiger partial charge in [-0.25, -0.2) is 0 Å². The van der Waals surface area contributed by atoms with Crippen LogP contribution in [0.3, 0.4) is 0 Å². The Morgan fingerprint density at radius 3 is 2.60 bits per heavy atom. The normalized spacial score (nSPS) is 12.1. The molecular weight excluding hydrogens is 278 g/mol. The van der Waals surface area contributed by atoms with Crippen LogP contribution in [0.1, 0.15) is 18.3 Å². The number of hydrogen-bond acceptors (Lipinski definition) is 5. The van der Waals surface area contributed by atoms with Crippen molar-refractivity contribution in [3.63, 3.8) is 0 Å². The van der Waals surface area contributed by atoms with E-state index < -0.39 is 0 Å². The molecule has 0 saturated heterocycles. The van der Waals surface area contributed by atoms with E-state index in [0.29, 0.717) is 11.5 Å². The van der Waals surface area contributed by atoms with Crippen LogP contribution in [0.4, 0.5) is 5.69 Å². The molecule has 1 atom stereocenters. The smallest absolute Gasteiger partial charge is 0.309 e. The summed E-state index contributed by atoms with van der Waals surface area (Å²) in [6.45, 7) is 5.54.